The lowest BCUT2D eigenvalue weighted by atomic mass is 10.1. The van der Waals surface area contributed by atoms with Crippen LogP contribution in [-0.4, -0.2) is 35.5 Å². The Kier molecular flexibility index (Phi) is 8.48. The van der Waals surface area contributed by atoms with Crippen molar-refractivity contribution in [2.24, 2.45) is 0 Å². The Morgan fingerprint density at radius 3 is 2.61 bits per heavy atom. The minimum atomic E-state index is -0.324. The van der Waals surface area contributed by atoms with E-state index < -0.39 is 0 Å². The van der Waals surface area contributed by atoms with Crippen LogP contribution in [0.1, 0.15) is 24.1 Å². The molecule has 36 heavy (non-hydrogen) atoms. The molecule has 0 spiro atoms. The molecule has 4 rings (SSSR count). The molecule has 2 N–H and O–H groups in total. The van der Waals surface area contributed by atoms with Gasteiger partial charge in [0.25, 0.3) is 0 Å². The molecule has 2 amide bonds. The zero-order chi connectivity index (χ0) is 25.2. The van der Waals surface area contributed by atoms with Crippen molar-refractivity contribution < 1.29 is 14.3 Å². The first kappa shape index (κ1) is 24.7. The molecule has 0 saturated carbocycles. The highest BCUT2D eigenvalue weighted by molar-refractivity contribution is 5.84. The fourth-order valence-electron chi connectivity index (χ4n) is 3.92. The van der Waals surface area contributed by atoms with E-state index in [0.29, 0.717) is 6.54 Å². The number of fused-ring (bicyclic) bond motifs is 1. The molecule has 1 aliphatic rings. The Morgan fingerprint density at radius 1 is 0.972 bits per heavy atom. The van der Waals surface area contributed by atoms with Gasteiger partial charge in [-0.1, -0.05) is 60.7 Å². The molecule has 0 unspecified atom stereocenters. The second kappa shape index (κ2) is 12.4. The number of aromatic nitrogens is 1. The summed E-state index contributed by atoms with van der Waals surface area (Å²) < 4.78 is 4.82. The van der Waals surface area contributed by atoms with E-state index in [-0.39, 0.29) is 18.4 Å². The second-order valence-electron chi connectivity index (χ2n) is 8.41. The third-order valence-electron chi connectivity index (χ3n) is 5.83. The maximum atomic E-state index is 12.8. The summed E-state index contributed by atoms with van der Waals surface area (Å²) >= 11 is 0. The summed E-state index contributed by atoms with van der Waals surface area (Å²) in [6.07, 6.45) is 6.89. The molecular formula is C29H30N4O3. The number of benzene rings is 2. The van der Waals surface area contributed by atoms with Crippen molar-refractivity contribution in [1.82, 2.24) is 15.2 Å². The number of esters is 1. The van der Waals surface area contributed by atoms with Gasteiger partial charge < -0.3 is 15.4 Å². The van der Waals surface area contributed by atoms with Crippen LogP contribution in [-0.2, 0) is 22.5 Å². The number of urea groups is 1. The standard InChI is InChI=1S/C29H30N4O3/c1-36-28(34)19-23-16-18-33(21-24-11-5-6-14-26(23)24)29(35)30-17-8-13-25-12-7-15-27(32-25)31-20-22-9-3-2-4-10-22/h2-7,9-12,14-16,18,21H,8,13,17,19-20H2,1H3,(H,30,35)(H,31,32). The molecule has 0 aliphatic carbocycles. The zero-order valence-corrected chi connectivity index (χ0v) is 20.3. The molecule has 184 valence electrons. The van der Waals surface area contributed by atoms with Crippen molar-refractivity contribution in [1.29, 1.82) is 0 Å². The van der Waals surface area contributed by atoms with E-state index in [4.69, 9.17) is 4.74 Å². The topological polar surface area (TPSA) is 83.6 Å². The highest BCUT2D eigenvalue weighted by atomic mass is 16.5. The first-order valence-corrected chi connectivity index (χ1v) is 12.0. The summed E-state index contributed by atoms with van der Waals surface area (Å²) in [6, 6.07) is 23.6. The summed E-state index contributed by atoms with van der Waals surface area (Å²) in [4.78, 5) is 30.9. The highest BCUT2D eigenvalue weighted by Gasteiger charge is 2.12. The van der Waals surface area contributed by atoms with Crippen LogP contribution in [0.25, 0.3) is 11.8 Å². The molecule has 7 nitrogen and oxygen atoms in total. The number of aryl methyl sites for hydroxylation is 1. The first-order valence-electron chi connectivity index (χ1n) is 12.0. The number of nitrogens with zero attached hydrogens (tertiary/aromatic N) is 2. The number of methoxy groups -OCH3 is 1. The van der Waals surface area contributed by atoms with Gasteiger partial charge in [0.05, 0.1) is 13.5 Å². The molecular weight excluding hydrogens is 452 g/mol. The SMILES string of the molecule is COC(=O)CC1=c2ccccc2=CN(C(=O)NCCCc2cccc(NCc3ccccc3)n2)C=C1. The third-order valence-corrected chi connectivity index (χ3v) is 5.83. The predicted molar refractivity (Wildman–Crippen MR) is 141 cm³/mol. The number of carbonyl (C=O) groups excluding carboxylic acids is 2. The number of allylic oxidation sites excluding steroid dienone is 1. The summed E-state index contributed by atoms with van der Waals surface area (Å²) in [5.74, 6) is 0.512. The normalized spacial score (nSPS) is 12.2. The van der Waals surface area contributed by atoms with Gasteiger partial charge in [-0.2, -0.15) is 0 Å². The average Bonchev–Trinajstić information content (AvgIpc) is 3.10. The molecule has 0 radical (unpaired) electrons. The minimum absolute atomic E-state index is 0.138. The summed E-state index contributed by atoms with van der Waals surface area (Å²) in [5, 5.41) is 8.09. The number of nitrogens with one attached hydrogen (secondary N) is 2. The van der Waals surface area contributed by atoms with Gasteiger partial charge in [-0.15, -0.1) is 0 Å². The van der Waals surface area contributed by atoms with Gasteiger partial charge in [-0.3, -0.25) is 9.69 Å². The molecule has 2 aromatic carbocycles. The highest BCUT2D eigenvalue weighted by Crippen LogP contribution is 2.10. The Morgan fingerprint density at radius 2 is 1.78 bits per heavy atom. The van der Waals surface area contributed by atoms with E-state index in [9.17, 15) is 9.59 Å². The van der Waals surface area contributed by atoms with Crippen LogP contribution in [0.15, 0.2) is 85.1 Å². The van der Waals surface area contributed by atoms with Crippen molar-refractivity contribution in [2.45, 2.75) is 25.8 Å². The van der Waals surface area contributed by atoms with E-state index in [0.717, 1.165) is 46.9 Å². The fraction of sp³-hybridized carbons (Fsp3) is 0.207. The van der Waals surface area contributed by atoms with E-state index in [1.54, 1.807) is 18.5 Å². The lowest BCUT2D eigenvalue weighted by Gasteiger charge is -2.14. The van der Waals surface area contributed by atoms with Gasteiger partial charge in [0, 0.05) is 31.2 Å². The minimum Gasteiger partial charge on any atom is -0.469 e. The maximum absolute atomic E-state index is 12.8. The fourth-order valence-corrected chi connectivity index (χ4v) is 3.92. The average molecular weight is 483 g/mol. The van der Waals surface area contributed by atoms with Crippen LogP contribution >= 0.6 is 0 Å². The van der Waals surface area contributed by atoms with Crippen molar-refractivity contribution in [2.75, 3.05) is 19.0 Å². The summed E-state index contributed by atoms with van der Waals surface area (Å²) in [5.41, 5.74) is 2.97. The molecule has 1 aromatic heterocycles. The quantitative estimate of drug-likeness (QED) is 0.361. The molecule has 0 fully saturated rings. The van der Waals surface area contributed by atoms with Gasteiger partial charge in [-0.05, 0) is 52.6 Å². The number of rotatable bonds is 9. The summed E-state index contributed by atoms with van der Waals surface area (Å²) in [7, 11) is 1.37. The molecule has 1 aliphatic heterocycles. The number of anilines is 1. The number of ether oxygens (including phenoxy) is 1. The third kappa shape index (κ3) is 6.82. The van der Waals surface area contributed by atoms with Crippen LogP contribution in [0, 0.1) is 0 Å². The lowest BCUT2D eigenvalue weighted by Crippen LogP contribution is -2.36. The number of amides is 2. The number of pyridine rings is 1. The van der Waals surface area contributed by atoms with Crippen molar-refractivity contribution in [3.05, 3.63) is 107 Å². The van der Waals surface area contributed by atoms with Crippen molar-refractivity contribution >= 4 is 29.6 Å². The molecule has 2 heterocycles. The molecule has 0 saturated heterocycles. The van der Waals surface area contributed by atoms with E-state index >= 15 is 0 Å². The molecule has 0 atom stereocenters. The summed E-state index contributed by atoms with van der Waals surface area (Å²) in [6.45, 7) is 1.23. The van der Waals surface area contributed by atoms with E-state index in [1.165, 1.54) is 17.6 Å². The Bertz CT molecular complexity index is 1350. The van der Waals surface area contributed by atoms with Gasteiger partial charge >= 0.3 is 12.0 Å². The molecule has 0 bridgehead atoms. The Hall–Kier alpha value is -4.39. The monoisotopic (exact) mass is 482 g/mol. The van der Waals surface area contributed by atoms with Crippen LogP contribution in [0.3, 0.4) is 0 Å². The number of hydrogen-bond acceptors (Lipinski definition) is 5. The number of hydrogen-bond donors (Lipinski definition) is 2. The largest absolute Gasteiger partial charge is 0.469 e. The second-order valence-corrected chi connectivity index (χ2v) is 8.41. The van der Waals surface area contributed by atoms with Crippen LogP contribution < -0.4 is 21.1 Å². The van der Waals surface area contributed by atoms with Crippen LogP contribution in [0.4, 0.5) is 10.6 Å². The van der Waals surface area contributed by atoms with Gasteiger partial charge in [0.15, 0.2) is 0 Å². The molecule has 7 heteroatoms. The molecule has 3 aromatic rings. The van der Waals surface area contributed by atoms with Crippen LogP contribution in [0.2, 0.25) is 0 Å². The predicted octanol–water partition coefficient (Wildman–Crippen LogP) is 3.32. The van der Waals surface area contributed by atoms with Gasteiger partial charge in [0.2, 0.25) is 0 Å². The van der Waals surface area contributed by atoms with Gasteiger partial charge in [0.1, 0.15) is 5.82 Å². The van der Waals surface area contributed by atoms with Crippen molar-refractivity contribution in [3.63, 3.8) is 0 Å². The Balaban J connectivity index is 1.30. The lowest BCUT2D eigenvalue weighted by molar-refractivity contribution is -0.139. The Labute approximate surface area is 210 Å². The van der Waals surface area contributed by atoms with E-state index in [2.05, 4.69) is 27.8 Å². The van der Waals surface area contributed by atoms with Gasteiger partial charge in [-0.25, -0.2) is 9.78 Å². The smallest absolute Gasteiger partial charge is 0.325 e. The van der Waals surface area contributed by atoms with Crippen LogP contribution in [0.5, 0.6) is 0 Å². The maximum Gasteiger partial charge on any atom is 0.325 e. The van der Waals surface area contributed by atoms with Crippen molar-refractivity contribution in [3.8, 4) is 0 Å². The first-order chi connectivity index (χ1) is 17.6. The zero-order valence-electron chi connectivity index (χ0n) is 20.3. The van der Waals surface area contributed by atoms with E-state index in [1.807, 2.05) is 60.7 Å². The number of carbonyl (C=O) groups is 2.